The Labute approximate surface area is 84.2 Å². The third-order valence-electron chi connectivity index (χ3n) is 1.96. The van der Waals surface area contributed by atoms with Gasteiger partial charge < -0.3 is 5.73 Å². The molecule has 13 heavy (non-hydrogen) atoms. The summed E-state index contributed by atoms with van der Waals surface area (Å²) < 4.78 is 0. The highest BCUT2D eigenvalue weighted by Crippen LogP contribution is 2.20. The zero-order valence-electron chi connectivity index (χ0n) is 8.58. The standard InChI is InChI=1S/C10H18N2S/c1-7(2)4-5-10-12-6-9(13-10)8(3)11/h6-8H,4-5,11H2,1-3H3. The molecule has 0 spiro atoms. The first-order valence-electron chi connectivity index (χ1n) is 4.79. The molecule has 3 heteroatoms. The van der Waals surface area contributed by atoms with Gasteiger partial charge in [-0.15, -0.1) is 11.3 Å². The van der Waals surface area contributed by atoms with Gasteiger partial charge in [-0.3, -0.25) is 0 Å². The fourth-order valence-corrected chi connectivity index (χ4v) is 1.95. The van der Waals surface area contributed by atoms with Crippen LogP contribution in [-0.2, 0) is 6.42 Å². The van der Waals surface area contributed by atoms with Gasteiger partial charge in [0.25, 0.3) is 0 Å². The van der Waals surface area contributed by atoms with Gasteiger partial charge in [0.15, 0.2) is 0 Å². The predicted octanol–water partition coefficient (Wildman–Crippen LogP) is 2.75. The van der Waals surface area contributed by atoms with Crippen LogP contribution in [0.2, 0.25) is 0 Å². The fourth-order valence-electron chi connectivity index (χ4n) is 1.06. The maximum absolute atomic E-state index is 5.75. The Hall–Kier alpha value is -0.410. The van der Waals surface area contributed by atoms with Crippen LogP contribution in [0.15, 0.2) is 6.20 Å². The quantitative estimate of drug-likeness (QED) is 0.808. The first-order valence-corrected chi connectivity index (χ1v) is 5.61. The lowest BCUT2D eigenvalue weighted by Gasteiger charge is -2.00. The molecule has 1 heterocycles. The average Bonchev–Trinajstić information content (AvgIpc) is 2.48. The highest BCUT2D eigenvalue weighted by atomic mass is 32.1. The molecule has 0 fully saturated rings. The maximum Gasteiger partial charge on any atom is 0.0928 e. The molecule has 0 aromatic carbocycles. The second-order valence-electron chi connectivity index (χ2n) is 3.88. The van der Waals surface area contributed by atoms with Crippen LogP contribution in [0.3, 0.4) is 0 Å². The molecule has 2 N–H and O–H groups in total. The van der Waals surface area contributed by atoms with E-state index in [0.29, 0.717) is 0 Å². The maximum atomic E-state index is 5.75. The van der Waals surface area contributed by atoms with Gasteiger partial charge >= 0.3 is 0 Å². The van der Waals surface area contributed by atoms with E-state index in [1.54, 1.807) is 11.3 Å². The number of aryl methyl sites for hydroxylation is 1. The first-order chi connectivity index (χ1) is 6.09. The smallest absolute Gasteiger partial charge is 0.0928 e. The van der Waals surface area contributed by atoms with E-state index in [1.165, 1.54) is 16.3 Å². The summed E-state index contributed by atoms with van der Waals surface area (Å²) in [7, 11) is 0. The summed E-state index contributed by atoms with van der Waals surface area (Å²) in [6.45, 7) is 6.47. The van der Waals surface area contributed by atoms with E-state index in [4.69, 9.17) is 5.73 Å². The number of thiazole rings is 1. The third-order valence-corrected chi connectivity index (χ3v) is 3.21. The molecule has 0 aliphatic rings. The number of hydrogen-bond acceptors (Lipinski definition) is 3. The van der Waals surface area contributed by atoms with E-state index in [0.717, 1.165) is 12.3 Å². The van der Waals surface area contributed by atoms with Crippen molar-refractivity contribution < 1.29 is 0 Å². The first kappa shape index (κ1) is 10.7. The van der Waals surface area contributed by atoms with E-state index < -0.39 is 0 Å². The summed E-state index contributed by atoms with van der Waals surface area (Å²) in [5.74, 6) is 0.752. The van der Waals surface area contributed by atoms with E-state index in [1.807, 2.05) is 13.1 Å². The van der Waals surface area contributed by atoms with E-state index in [9.17, 15) is 0 Å². The Morgan fingerprint density at radius 1 is 1.46 bits per heavy atom. The van der Waals surface area contributed by atoms with Crippen LogP contribution in [0.4, 0.5) is 0 Å². The Bertz CT molecular complexity index is 253. The minimum absolute atomic E-state index is 0.130. The van der Waals surface area contributed by atoms with Crippen molar-refractivity contribution in [1.82, 2.24) is 4.98 Å². The van der Waals surface area contributed by atoms with Crippen molar-refractivity contribution in [3.63, 3.8) is 0 Å². The Balaban J connectivity index is 2.49. The summed E-state index contributed by atoms with van der Waals surface area (Å²) in [6, 6.07) is 0.130. The molecular formula is C10H18N2S. The Morgan fingerprint density at radius 2 is 2.15 bits per heavy atom. The van der Waals surface area contributed by atoms with Gasteiger partial charge in [-0.1, -0.05) is 13.8 Å². The zero-order chi connectivity index (χ0) is 9.84. The Kier molecular flexibility index (Phi) is 3.88. The van der Waals surface area contributed by atoms with E-state index in [-0.39, 0.29) is 6.04 Å². The van der Waals surface area contributed by atoms with Crippen LogP contribution in [0.25, 0.3) is 0 Å². The Morgan fingerprint density at radius 3 is 2.62 bits per heavy atom. The molecule has 0 saturated carbocycles. The van der Waals surface area contributed by atoms with Gasteiger partial charge in [-0.25, -0.2) is 4.98 Å². The monoisotopic (exact) mass is 198 g/mol. The number of nitrogens with two attached hydrogens (primary N) is 1. The predicted molar refractivity (Wildman–Crippen MR) is 57.9 cm³/mol. The molecule has 0 bridgehead atoms. The van der Waals surface area contributed by atoms with Crippen molar-refractivity contribution in [2.75, 3.05) is 0 Å². The highest BCUT2D eigenvalue weighted by Gasteiger charge is 2.05. The second-order valence-corrected chi connectivity index (χ2v) is 5.02. The molecule has 2 nitrogen and oxygen atoms in total. The van der Waals surface area contributed by atoms with Gasteiger partial charge in [0.1, 0.15) is 0 Å². The lowest BCUT2D eigenvalue weighted by atomic mass is 10.1. The van der Waals surface area contributed by atoms with Gasteiger partial charge in [0.2, 0.25) is 0 Å². The van der Waals surface area contributed by atoms with Gasteiger partial charge in [0, 0.05) is 17.1 Å². The summed E-state index contributed by atoms with van der Waals surface area (Å²) in [4.78, 5) is 5.54. The second kappa shape index (κ2) is 4.72. The van der Waals surface area contributed by atoms with E-state index >= 15 is 0 Å². The molecule has 1 unspecified atom stereocenters. The molecule has 74 valence electrons. The van der Waals surface area contributed by atoms with Gasteiger partial charge in [-0.05, 0) is 25.7 Å². The van der Waals surface area contributed by atoms with Crippen LogP contribution in [0.1, 0.15) is 43.1 Å². The molecule has 1 aromatic heterocycles. The number of nitrogens with zero attached hydrogens (tertiary/aromatic N) is 1. The van der Waals surface area contributed by atoms with Crippen molar-refractivity contribution in [1.29, 1.82) is 0 Å². The normalized spacial score (nSPS) is 13.6. The SMILES string of the molecule is CC(C)CCc1ncc(C(C)N)s1. The van der Waals surface area contributed by atoms with Crippen LogP contribution in [0.5, 0.6) is 0 Å². The fraction of sp³-hybridized carbons (Fsp3) is 0.700. The lowest BCUT2D eigenvalue weighted by molar-refractivity contribution is 0.585. The molecule has 0 aliphatic heterocycles. The van der Waals surface area contributed by atoms with Crippen LogP contribution >= 0.6 is 11.3 Å². The van der Waals surface area contributed by atoms with Crippen molar-refractivity contribution in [2.45, 2.75) is 39.7 Å². The summed E-state index contributed by atoms with van der Waals surface area (Å²) >= 11 is 1.75. The van der Waals surface area contributed by atoms with Crippen LogP contribution in [0, 0.1) is 5.92 Å². The summed E-state index contributed by atoms with van der Waals surface area (Å²) in [5.41, 5.74) is 5.75. The molecule has 0 saturated heterocycles. The van der Waals surface area contributed by atoms with Crippen molar-refractivity contribution in [3.05, 3.63) is 16.1 Å². The third kappa shape index (κ3) is 3.44. The largest absolute Gasteiger partial charge is 0.323 e. The van der Waals surface area contributed by atoms with Gasteiger partial charge in [0.05, 0.1) is 5.01 Å². The molecule has 1 rings (SSSR count). The summed E-state index contributed by atoms with van der Waals surface area (Å²) in [5, 5.41) is 1.22. The molecule has 0 aliphatic carbocycles. The van der Waals surface area contributed by atoms with E-state index in [2.05, 4.69) is 18.8 Å². The highest BCUT2D eigenvalue weighted by molar-refractivity contribution is 7.11. The number of hydrogen-bond donors (Lipinski definition) is 1. The minimum atomic E-state index is 0.130. The van der Waals surface area contributed by atoms with Crippen LogP contribution < -0.4 is 5.73 Å². The number of aromatic nitrogens is 1. The molecule has 0 amide bonds. The molecule has 1 aromatic rings. The molecular weight excluding hydrogens is 180 g/mol. The van der Waals surface area contributed by atoms with Crippen molar-refractivity contribution in [2.24, 2.45) is 11.7 Å². The summed E-state index contributed by atoms with van der Waals surface area (Å²) in [6.07, 6.45) is 4.21. The average molecular weight is 198 g/mol. The topological polar surface area (TPSA) is 38.9 Å². The van der Waals surface area contributed by atoms with Crippen LogP contribution in [-0.4, -0.2) is 4.98 Å². The van der Waals surface area contributed by atoms with Gasteiger partial charge in [-0.2, -0.15) is 0 Å². The van der Waals surface area contributed by atoms with Crippen molar-refractivity contribution >= 4 is 11.3 Å². The lowest BCUT2D eigenvalue weighted by Crippen LogP contribution is -2.01. The number of rotatable bonds is 4. The molecule has 1 atom stereocenters. The zero-order valence-corrected chi connectivity index (χ0v) is 9.40. The minimum Gasteiger partial charge on any atom is -0.323 e. The van der Waals surface area contributed by atoms with Crippen molar-refractivity contribution in [3.8, 4) is 0 Å². The molecule has 0 radical (unpaired) electrons.